The molecule has 4 N–H and O–H groups in total. The molecule has 0 radical (unpaired) electrons. The summed E-state index contributed by atoms with van der Waals surface area (Å²) >= 11 is 0. The average Bonchev–Trinajstić information content (AvgIpc) is 2.29. The SMILES string of the molecule is CCNC(=O)CNC(=O)c1cc(N)ccc1C.Cl. The summed E-state index contributed by atoms with van der Waals surface area (Å²) in [6.45, 7) is 4.16. The molecule has 0 aliphatic rings. The van der Waals surface area contributed by atoms with Gasteiger partial charge in [0.15, 0.2) is 0 Å². The van der Waals surface area contributed by atoms with Crippen LogP contribution in [-0.4, -0.2) is 24.9 Å². The molecule has 0 fully saturated rings. The number of hydrogen-bond acceptors (Lipinski definition) is 3. The highest BCUT2D eigenvalue weighted by Gasteiger charge is 2.10. The summed E-state index contributed by atoms with van der Waals surface area (Å²) in [4.78, 5) is 23.0. The summed E-state index contributed by atoms with van der Waals surface area (Å²) in [5.41, 5.74) is 7.46. The van der Waals surface area contributed by atoms with Gasteiger partial charge in [-0.3, -0.25) is 9.59 Å². The van der Waals surface area contributed by atoms with E-state index in [0.29, 0.717) is 17.8 Å². The van der Waals surface area contributed by atoms with Gasteiger partial charge in [-0.1, -0.05) is 6.07 Å². The van der Waals surface area contributed by atoms with Crippen LogP contribution in [0.3, 0.4) is 0 Å². The van der Waals surface area contributed by atoms with Crippen LogP contribution in [0.5, 0.6) is 0 Å². The number of halogens is 1. The van der Waals surface area contributed by atoms with E-state index in [-0.39, 0.29) is 30.8 Å². The Kier molecular flexibility index (Phi) is 6.82. The van der Waals surface area contributed by atoms with E-state index in [1.54, 1.807) is 18.2 Å². The Hall–Kier alpha value is -1.75. The fourth-order valence-electron chi connectivity index (χ4n) is 1.40. The van der Waals surface area contributed by atoms with Crippen molar-refractivity contribution < 1.29 is 9.59 Å². The molecule has 0 aliphatic carbocycles. The zero-order valence-corrected chi connectivity index (χ0v) is 11.3. The van der Waals surface area contributed by atoms with Crippen molar-refractivity contribution in [3.63, 3.8) is 0 Å². The monoisotopic (exact) mass is 271 g/mol. The summed E-state index contributed by atoms with van der Waals surface area (Å²) in [6.07, 6.45) is 0. The molecule has 2 amide bonds. The van der Waals surface area contributed by atoms with Gasteiger partial charge in [-0.2, -0.15) is 0 Å². The van der Waals surface area contributed by atoms with Crippen molar-refractivity contribution >= 4 is 29.9 Å². The number of amides is 2. The van der Waals surface area contributed by atoms with E-state index >= 15 is 0 Å². The molecule has 0 bridgehead atoms. The van der Waals surface area contributed by atoms with Crippen LogP contribution in [0, 0.1) is 6.92 Å². The second-order valence-corrected chi connectivity index (χ2v) is 3.71. The Morgan fingerprint density at radius 2 is 1.94 bits per heavy atom. The van der Waals surface area contributed by atoms with Crippen LogP contribution in [-0.2, 0) is 4.79 Å². The number of rotatable bonds is 4. The number of aryl methyl sites for hydroxylation is 1. The Labute approximate surface area is 113 Å². The molecule has 18 heavy (non-hydrogen) atoms. The molecular formula is C12H18ClN3O2. The van der Waals surface area contributed by atoms with Crippen molar-refractivity contribution in [2.24, 2.45) is 0 Å². The summed E-state index contributed by atoms with van der Waals surface area (Å²) in [5, 5.41) is 5.15. The highest BCUT2D eigenvalue weighted by molar-refractivity contribution is 5.98. The fraction of sp³-hybridized carbons (Fsp3) is 0.333. The predicted molar refractivity (Wildman–Crippen MR) is 73.9 cm³/mol. The zero-order valence-electron chi connectivity index (χ0n) is 10.4. The number of likely N-dealkylation sites (N-methyl/N-ethyl adjacent to an activating group) is 1. The average molecular weight is 272 g/mol. The van der Waals surface area contributed by atoms with E-state index in [1.165, 1.54) is 0 Å². The highest BCUT2D eigenvalue weighted by atomic mass is 35.5. The van der Waals surface area contributed by atoms with Gasteiger partial charge >= 0.3 is 0 Å². The van der Waals surface area contributed by atoms with Crippen molar-refractivity contribution in [1.82, 2.24) is 10.6 Å². The third-order valence-corrected chi connectivity index (χ3v) is 2.29. The number of nitrogens with one attached hydrogen (secondary N) is 2. The van der Waals surface area contributed by atoms with Crippen molar-refractivity contribution in [2.75, 3.05) is 18.8 Å². The Morgan fingerprint density at radius 3 is 2.56 bits per heavy atom. The number of benzene rings is 1. The van der Waals surface area contributed by atoms with Crippen molar-refractivity contribution in [3.05, 3.63) is 29.3 Å². The van der Waals surface area contributed by atoms with Crippen molar-refractivity contribution in [1.29, 1.82) is 0 Å². The summed E-state index contributed by atoms with van der Waals surface area (Å²) in [5.74, 6) is -0.497. The first kappa shape index (κ1) is 16.2. The fourth-order valence-corrected chi connectivity index (χ4v) is 1.40. The lowest BCUT2D eigenvalue weighted by molar-refractivity contribution is -0.120. The lowest BCUT2D eigenvalue weighted by Gasteiger charge is -2.08. The van der Waals surface area contributed by atoms with E-state index in [2.05, 4.69) is 10.6 Å². The minimum absolute atomic E-state index is 0. The molecule has 0 heterocycles. The van der Waals surface area contributed by atoms with Crippen LogP contribution in [0.4, 0.5) is 5.69 Å². The zero-order chi connectivity index (χ0) is 12.8. The van der Waals surface area contributed by atoms with E-state index < -0.39 is 0 Å². The maximum absolute atomic E-state index is 11.8. The first-order valence-corrected chi connectivity index (χ1v) is 5.45. The van der Waals surface area contributed by atoms with Crippen LogP contribution in [0.2, 0.25) is 0 Å². The van der Waals surface area contributed by atoms with E-state index in [1.807, 2.05) is 13.8 Å². The third-order valence-electron chi connectivity index (χ3n) is 2.29. The normalized spacial score (nSPS) is 9.22. The Balaban J connectivity index is 0.00000289. The number of hydrogen-bond donors (Lipinski definition) is 3. The molecule has 0 unspecified atom stereocenters. The maximum Gasteiger partial charge on any atom is 0.252 e. The van der Waals surface area contributed by atoms with Gasteiger partial charge in [0.2, 0.25) is 5.91 Å². The van der Waals surface area contributed by atoms with Gasteiger partial charge in [0, 0.05) is 17.8 Å². The highest BCUT2D eigenvalue weighted by Crippen LogP contribution is 2.12. The quantitative estimate of drug-likeness (QED) is 0.711. The van der Waals surface area contributed by atoms with E-state index in [9.17, 15) is 9.59 Å². The molecular weight excluding hydrogens is 254 g/mol. The molecule has 1 aromatic rings. The van der Waals surface area contributed by atoms with Crippen LogP contribution < -0.4 is 16.4 Å². The van der Waals surface area contributed by atoms with Crippen LogP contribution in [0.15, 0.2) is 18.2 Å². The Bertz CT molecular complexity index is 435. The molecule has 1 aromatic carbocycles. The van der Waals surface area contributed by atoms with Gasteiger partial charge in [-0.15, -0.1) is 12.4 Å². The molecule has 6 heteroatoms. The molecule has 0 aromatic heterocycles. The summed E-state index contributed by atoms with van der Waals surface area (Å²) in [6, 6.07) is 5.11. The maximum atomic E-state index is 11.8. The smallest absolute Gasteiger partial charge is 0.252 e. The molecule has 0 saturated heterocycles. The molecule has 0 spiro atoms. The van der Waals surface area contributed by atoms with Crippen LogP contribution in [0.25, 0.3) is 0 Å². The number of nitrogens with two attached hydrogens (primary N) is 1. The second-order valence-electron chi connectivity index (χ2n) is 3.71. The van der Waals surface area contributed by atoms with Crippen LogP contribution >= 0.6 is 12.4 Å². The minimum atomic E-state index is -0.291. The first-order chi connectivity index (χ1) is 8.04. The van der Waals surface area contributed by atoms with Gasteiger partial charge in [0.25, 0.3) is 5.91 Å². The van der Waals surface area contributed by atoms with Gasteiger partial charge in [0.1, 0.15) is 0 Å². The topological polar surface area (TPSA) is 84.2 Å². The number of anilines is 1. The largest absolute Gasteiger partial charge is 0.399 e. The van der Waals surface area contributed by atoms with Gasteiger partial charge in [-0.05, 0) is 31.5 Å². The molecule has 5 nitrogen and oxygen atoms in total. The number of carbonyl (C=O) groups is 2. The molecule has 1 rings (SSSR count). The van der Waals surface area contributed by atoms with E-state index in [4.69, 9.17) is 5.73 Å². The first-order valence-electron chi connectivity index (χ1n) is 5.45. The Morgan fingerprint density at radius 1 is 1.28 bits per heavy atom. The van der Waals surface area contributed by atoms with Gasteiger partial charge in [0.05, 0.1) is 6.54 Å². The predicted octanol–water partition coefficient (Wildman–Crippen LogP) is 0.865. The van der Waals surface area contributed by atoms with Crippen molar-refractivity contribution in [3.8, 4) is 0 Å². The molecule has 0 aliphatic heterocycles. The van der Waals surface area contributed by atoms with E-state index in [0.717, 1.165) is 5.56 Å². The minimum Gasteiger partial charge on any atom is -0.399 e. The summed E-state index contributed by atoms with van der Waals surface area (Å²) in [7, 11) is 0. The number of nitrogen functional groups attached to an aromatic ring is 1. The summed E-state index contributed by atoms with van der Waals surface area (Å²) < 4.78 is 0. The van der Waals surface area contributed by atoms with Gasteiger partial charge in [-0.25, -0.2) is 0 Å². The van der Waals surface area contributed by atoms with Gasteiger partial charge < -0.3 is 16.4 Å². The molecule has 0 saturated carbocycles. The lowest BCUT2D eigenvalue weighted by atomic mass is 10.1. The number of carbonyl (C=O) groups excluding carboxylic acids is 2. The van der Waals surface area contributed by atoms with Crippen LogP contribution in [0.1, 0.15) is 22.8 Å². The third kappa shape index (κ3) is 4.63. The molecule has 0 atom stereocenters. The van der Waals surface area contributed by atoms with Crippen molar-refractivity contribution in [2.45, 2.75) is 13.8 Å². The molecule has 100 valence electrons. The second kappa shape index (κ2) is 7.55. The lowest BCUT2D eigenvalue weighted by Crippen LogP contribution is -2.37. The standard InChI is InChI=1S/C12H17N3O2.ClH/c1-3-14-11(16)7-15-12(17)10-6-9(13)5-4-8(10)2;/h4-6H,3,7,13H2,1-2H3,(H,14,16)(H,15,17);1H.